The van der Waals surface area contributed by atoms with Crippen LogP contribution in [0.1, 0.15) is 22.8 Å². The van der Waals surface area contributed by atoms with Crippen molar-refractivity contribution in [2.75, 3.05) is 5.73 Å². The van der Waals surface area contributed by atoms with Gasteiger partial charge in [-0.05, 0) is 24.6 Å². The maximum atomic E-state index is 12.8. The molecule has 0 fully saturated rings. The largest absolute Gasteiger partial charge is 0.382 e. The number of carbonyl (C=O) groups is 1. The Morgan fingerprint density at radius 2 is 1.83 bits per heavy atom. The molecule has 3 aromatic rings. The van der Waals surface area contributed by atoms with Gasteiger partial charge in [0.25, 0.3) is 0 Å². The van der Waals surface area contributed by atoms with E-state index >= 15 is 0 Å². The number of carbonyl (C=O) groups excluding carboxylic acids is 1. The Bertz CT molecular complexity index is 1030. The third-order valence-electron chi connectivity index (χ3n) is 3.61. The van der Waals surface area contributed by atoms with Crippen molar-refractivity contribution < 1.29 is 13.2 Å². The average molecular weight is 341 g/mol. The monoisotopic (exact) mass is 341 g/mol. The average Bonchev–Trinajstić information content (AvgIpc) is 2.54. The summed E-state index contributed by atoms with van der Waals surface area (Å²) in [5.41, 5.74) is 7.50. The number of hydrogen-bond acceptors (Lipinski definition) is 6. The lowest BCUT2D eigenvalue weighted by molar-refractivity contribution is 0.101. The van der Waals surface area contributed by atoms with Crippen LogP contribution in [0.4, 0.5) is 5.82 Å². The predicted molar refractivity (Wildman–Crippen MR) is 91.3 cm³/mol. The van der Waals surface area contributed by atoms with E-state index in [1.807, 2.05) is 0 Å². The number of ketones is 1. The zero-order valence-corrected chi connectivity index (χ0v) is 13.7. The molecule has 122 valence electrons. The summed E-state index contributed by atoms with van der Waals surface area (Å²) in [6.45, 7) is 1.46. The van der Waals surface area contributed by atoms with Crippen LogP contribution in [0, 0.1) is 0 Å². The molecule has 0 amide bonds. The number of para-hydroxylation sites is 1. The molecule has 0 radical (unpaired) electrons. The van der Waals surface area contributed by atoms with Gasteiger partial charge in [0.2, 0.25) is 0 Å². The van der Waals surface area contributed by atoms with Gasteiger partial charge in [-0.15, -0.1) is 0 Å². The van der Waals surface area contributed by atoms with Crippen molar-refractivity contribution in [2.24, 2.45) is 0 Å². The number of rotatable bonds is 4. The SMILES string of the molecule is CC(=O)c1ccc(CS(=O)(=O)c2cccc3ncc(N)nc23)cc1. The van der Waals surface area contributed by atoms with Crippen LogP contribution in [-0.4, -0.2) is 24.2 Å². The lowest BCUT2D eigenvalue weighted by Gasteiger charge is -2.08. The van der Waals surface area contributed by atoms with Gasteiger partial charge in [-0.2, -0.15) is 0 Å². The molecule has 1 heterocycles. The Labute approximate surface area is 139 Å². The number of nitrogens with zero attached hydrogens (tertiary/aromatic N) is 2. The molecule has 0 aliphatic rings. The first-order valence-corrected chi connectivity index (χ1v) is 8.86. The summed E-state index contributed by atoms with van der Waals surface area (Å²) < 4.78 is 25.5. The molecular weight excluding hydrogens is 326 g/mol. The van der Waals surface area contributed by atoms with Crippen LogP contribution in [0.3, 0.4) is 0 Å². The van der Waals surface area contributed by atoms with E-state index in [0.29, 0.717) is 16.6 Å². The van der Waals surface area contributed by atoms with Gasteiger partial charge in [0.1, 0.15) is 11.3 Å². The normalized spacial score (nSPS) is 11.5. The molecule has 0 aliphatic heterocycles. The first-order chi connectivity index (χ1) is 11.4. The number of anilines is 1. The molecule has 0 atom stereocenters. The third-order valence-corrected chi connectivity index (χ3v) is 5.32. The first kappa shape index (κ1) is 16.1. The maximum Gasteiger partial charge on any atom is 0.184 e. The fourth-order valence-electron chi connectivity index (χ4n) is 2.40. The summed E-state index contributed by atoms with van der Waals surface area (Å²) in [5, 5.41) is 0. The highest BCUT2D eigenvalue weighted by atomic mass is 32.2. The first-order valence-electron chi connectivity index (χ1n) is 7.21. The zero-order chi connectivity index (χ0) is 17.3. The lowest BCUT2D eigenvalue weighted by Crippen LogP contribution is -2.07. The topological polar surface area (TPSA) is 103 Å². The van der Waals surface area contributed by atoms with E-state index < -0.39 is 9.84 Å². The number of nitrogens with two attached hydrogens (primary N) is 1. The lowest BCUT2D eigenvalue weighted by atomic mass is 10.1. The second-order valence-corrected chi connectivity index (χ2v) is 7.39. The van der Waals surface area contributed by atoms with Gasteiger partial charge in [-0.3, -0.25) is 9.78 Å². The predicted octanol–water partition coefficient (Wildman–Crippen LogP) is 2.39. The molecule has 0 saturated heterocycles. The van der Waals surface area contributed by atoms with Crippen molar-refractivity contribution in [3.05, 3.63) is 59.8 Å². The van der Waals surface area contributed by atoms with Crippen LogP contribution in [0.25, 0.3) is 11.0 Å². The summed E-state index contributed by atoms with van der Waals surface area (Å²) in [7, 11) is -3.63. The smallest absolute Gasteiger partial charge is 0.184 e. The quantitative estimate of drug-likeness (QED) is 0.731. The van der Waals surface area contributed by atoms with Crippen molar-refractivity contribution >= 4 is 32.5 Å². The van der Waals surface area contributed by atoms with Crippen LogP contribution in [0.2, 0.25) is 0 Å². The van der Waals surface area contributed by atoms with Gasteiger partial charge < -0.3 is 5.73 Å². The van der Waals surface area contributed by atoms with E-state index in [0.717, 1.165) is 0 Å². The molecule has 1 aromatic heterocycles. The minimum absolute atomic E-state index is 0.0655. The van der Waals surface area contributed by atoms with Gasteiger partial charge in [0.05, 0.1) is 22.4 Å². The Kier molecular flexibility index (Phi) is 4.02. The molecule has 0 aliphatic carbocycles. The van der Waals surface area contributed by atoms with Gasteiger partial charge in [0, 0.05) is 5.56 Å². The minimum atomic E-state index is -3.63. The number of Topliss-reactive ketones (excluding diaryl/α,β-unsaturated/α-hetero) is 1. The van der Waals surface area contributed by atoms with Crippen molar-refractivity contribution in [3.8, 4) is 0 Å². The summed E-state index contributed by atoms with van der Waals surface area (Å²) >= 11 is 0. The Morgan fingerprint density at radius 3 is 2.50 bits per heavy atom. The molecule has 0 bridgehead atoms. The second-order valence-electron chi connectivity index (χ2n) is 5.43. The standard InChI is InChI=1S/C17H15N3O3S/c1-11(21)13-7-5-12(6-8-13)10-24(22,23)15-4-2-3-14-17(15)20-16(18)9-19-14/h2-9H,10H2,1H3,(H2,18,20). The van der Waals surface area contributed by atoms with E-state index in [1.165, 1.54) is 19.2 Å². The van der Waals surface area contributed by atoms with Gasteiger partial charge in [0.15, 0.2) is 15.6 Å². The zero-order valence-electron chi connectivity index (χ0n) is 12.9. The Hall–Kier alpha value is -2.80. The van der Waals surface area contributed by atoms with Crippen LogP contribution >= 0.6 is 0 Å². The Morgan fingerprint density at radius 1 is 1.12 bits per heavy atom. The van der Waals surface area contributed by atoms with E-state index in [9.17, 15) is 13.2 Å². The fourth-order valence-corrected chi connectivity index (χ4v) is 3.92. The van der Waals surface area contributed by atoms with Gasteiger partial charge in [-0.25, -0.2) is 13.4 Å². The third kappa shape index (κ3) is 3.11. The van der Waals surface area contributed by atoms with Crippen molar-refractivity contribution in [3.63, 3.8) is 0 Å². The summed E-state index contributed by atoms with van der Waals surface area (Å²) in [5.74, 6) is -0.0963. The molecule has 3 rings (SSSR count). The second kappa shape index (κ2) is 6.01. The minimum Gasteiger partial charge on any atom is -0.382 e. The van der Waals surface area contributed by atoms with Crippen molar-refractivity contribution in [2.45, 2.75) is 17.6 Å². The highest BCUT2D eigenvalue weighted by Crippen LogP contribution is 2.24. The number of hydrogen-bond donors (Lipinski definition) is 1. The van der Waals surface area contributed by atoms with Crippen LogP contribution in [0.15, 0.2) is 53.6 Å². The van der Waals surface area contributed by atoms with Gasteiger partial charge in [-0.1, -0.05) is 30.3 Å². The molecule has 0 unspecified atom stereocenters. The van der Waals surface area contributed by atoms with Crippen molar-refractivity contribution in [1.29, 1.82) is 0 Å². The van der Waals surface area contributed by atoms with E-state index in [-0.39, 0.29) is 27.8 Å². The van der Waals surface area contributed by atoms with Crippen molar-refractivity contribution in [1.82, 2.24) is 9.97 Å². The summed E-state index contributed by atoms with van der Waals surface area (Å²) in [4.78, 5) is 19.6. The van der Waals surface area contributed by atoms with Crippen LogP contribution in [0.5, 0.6) is 0 Å². The number of benzene rings is 2. The molecule has 24 heavy (non-hydrogen) atoms. The highest BCUT2D eigenvalue weighted by molar-refractivity contribution is 7.90. The number of fused-ring (bicyclic) bond motifs is 1. The van der Waals surface area contributed by atoms with E-state index in [1.54, 1.807) is 36.4 Å². The van der Waals surface area contributed by atoms with Gasteiger partial charge >= 0.3 is 0 Å². The highest BCUT2D eigenvalue weighted by Gasteiger charge is 2.20. The molecule has 6 nitrogen and oxygen atoms in total. The summed E-state index contributed by atoms with van der Waals surface area (Å²) in [6.07, 6.45) is 1.39. The molecule has 7 heteroatoms. The Balaban J connectivity index is 2.02. The number of sulfone groups is 1. The van der Waals surface area contributed by atoms with Crippen LogP contribution in [-0.2, 0) is 15.6 Å². The molecule has 2 N–H and O–H groups in total. The number of aromatic nitrogens is 2. The summed E-state index contributed by atoms with van der Waals surface area (Å²) in [6, 6.07) is 11.3. The molecule has 0 spiro atoms. The van der Waals surface area contributed by atoms with E-state index in [4.69, 9.17) is 5.73 Å². The van der Waals surface area contributed by atoms with E-state index in [2.05, 4.69) is 9.97 Å². The maximum absolute atomic E-state index is 12.8. The molecule has 0 saturated carbocycles. The molecule has 2 aromatic carbocycles. The van der Waals surface area contributed by atoms with Crippen LogP contribution < -0.4 is 5.73 Å². The fraction of sp³-hybridized carbons (Fsp3) is 0.118. The number of nitrogen functional groups attached to an aromatic ring is 1. The molecular formula is C17H15N3O3S.